The minimum atomic E-state index is -3.15. The van der Waals surface area contributed by atoms with Crippen molar-refractivity contribution in [2.24, 2.45) is 0 Å². The minimum absolute atomic E-state index is 0.0352. The molecule has 1 aromatic carbocycles. The Labute approximate surface area is 131 Å². The molecule has 0 unspecified atom stereocenters. The van der Waals surface area contributed by atoms with Gasteiger partial charge in [-0.1, -0.05) is 0 Å². The van der Waals surface area contributed by atoms with Gasteiger partial charge in [-0.2, -0.15) is 0 Å². The van der Waals surface area contributed by atoms with E-state index in [0.717, 1.165) is 5.56 Å². The van der Waals surface area contributed by atoms with E-state index in [-0.39, 0.29) is 12.4 Å². The SMILES string of the molecule is COc1cc(CCl)cc(OC)c1OCCS(=O)(=O)C(C)C. The molecule has 0 spiro atoms. The molecule has 120 valence electrons. The summed E-state index contributed by atoms with van der Waals surface area (Å²) in [5, 5.41) is -0.427. The van der Waals surface area contributed by atoms with Crippen molar-refractivity contribution in [3.05, 3.63) is 17.7 Å². The lowest BCUT2D eigenvalue weighted by molar-refractivity contribution is 0.288. The molecule has 0 saturated heterocycles. The van der Waals surface area contributed by atoms with Gasteiger partial charge in [0.2, 0.25) is 5.75 Å². The highest BCUT2D eigenvalue weighted by Gasteiger charge is 2.18. The second-order valence-electron chi connectivity index (χ2n) is 4.73. The predicted molar refractivity (Wildman–Crippen MR) is 83.5 cm³/mol. The van der Waals surface area contributed by atoms with Crippen LogP contribution >= 0.6 is 11.6 Å². The molecule has 0 aliphatic heterocycles. The summed E-state index contributed by atoms with van der Waals surface area (Å²) in [7, 11) is -0.139. The van der Waals surface area contributed by atoms with Gasteiger partial charge in [-0.15, -0.1) is 11.6 Å². The van der Waals surface area contributed by atoms with Gasteiger partial charge < -0.3 is 14.2 Å². The van der Waals surface area contributed by atoms with Crippen LogP contribution < -0.4 is 14.2 Å². The molecule has 0 aliphatic rings. The highest BCUT2D eigenvalue weighted by molar-refractivity contribution is 7.91. The van der Waals surface area contributed by atoms with Crippen molar-refractivity contribution in [2.75, 3.05) is 26.6 Å². The minimum Gasteiger partial charge on any atom is -0.493 e. The fraction of sp³-hybridized carbons (Fsp3) is 0.571. The van der Waals surface area contributed by atoms with Gasteiger partial charge in [0.1, 0.15) is 6.61 Å². The maximum absolute atomic E-state index is 11.8. The molecule has 0 saturated carbocycles. The van der Waals surface area contributed by atoms with Crippen LogP contribution in [0.4, 0.5) is 0 Å². The Morgan fingerprint density at radius 1 is 1.14 bits per heavy atom. The molecule has 0 heterocycles. The van der Waals surface area contributed by atoms with Crippen molar-refractivity contribution in [2.45, 2.75) is 25.0 Å². The Hall–Kier alpha value is -1.14. The van der Waals surface area contributed by atoms with Crippen LogP contribution in [-0.2, 0) is 15.7 Å². The Balaban J connectivity index is 2.92. The molecule has 0 N–H and O–H groups in total. The topological polar surface area (TPSA) is 61.8 Å². The summed E-state index contributed by atoms with van der Waals surface area (Å²) in [6, 6.07) is 3.48. The van der Waals surface area contributed by atoms with Crippen LogP contribution in [-0.4, -0.2) is 40.2 Å². The number of rotatable bonds is 8. The van der Waals surface area contributed by atoms with Crippen molar-refractivity contribution in [1.82, 2.24) is 0 Å². The summed E-state index contributed by atoms with van der Waals surface area (Å²) in [5.74, 6) is 1.56. The number of halogens is 1. The monoisotopic (exact) mass is 336 g/mol. The second kappa shape index (κ2) is 7.75. The van der Waals surface area contributed by atoms with Crippen LogP contribution in [0.1, 0.15) is 19.4 Å². The first-order valence-corrected chi connectivity index (χ1v) is 8.76. The number of methoxy groups -OCH3 is 2. The van der Waals surface area contributed by atoms with Crippen LogP contribution in [0.25, 0.3) is 0 Å². The van der Waals surface area contributed by atoms with Gasteiger partial charge in [-0.05, 0) is 31.5 Å². The first-order valence-electron chi connectivity index (χ1n) is 6.51. The number of benzene rings is 1. The molecule has 21 heavy (non-hydrogen) atoms. The van der Waals surface area contributed by atoms with E-state index in [1.807, 2.05) is 0 Å². The third-order valence-corrected chi connectivity index (χ3v) is 5.49. The average Bonchev–Trinajstić information content (AvgIpc) is 2.46. The lowest BCUT2D eigenvalue weighted by atomic mass is 10.2. The Morgan fingerprint density at radius 2 is 1.67 bits per heavy atom. The highest BCUT2D eigenvalue weighted by Crippen LogP contribution is 2.38. The third kappa shape index (κ3) is 4.68. The normalized spacial score (nSPS) is 11.5. The number of hydrogen-bond donors (Lipinski definition) is 0. The molecule has 5 nitrogen and oxygen atoms in total. The average molecular weight is 337 g/mol. The van der Waals surface area contributed by atoms with Crippen LogP contribution in [0.15, 0.2) is 12.1 Å². The van der Waals surface area contributed by atoms with E-state index in [2.05, 4.69) is 0 Å². The largest absolute Gasteiger partial charge is 0.493 e. The van der Waals surface area contributed by atoms with Crippen molar-refractivity contribution in [1.29, 1.82) is 0 Å². The molecule has 0 aromatic heterocycles. The summed E-state index contributed by atoms with van der Waals surface area (Å²) in [5.41, 5.74) is 0.826. The fourth-order valence-corrected chi connectivity index (χ4v) is 2.59. The molecule has 7 heteroatoms. The molecular weight excluding hydrogens is 316 g/mol. The van der Waals surface area contributed by atoms with Gasteiger partial charge in [-0.25, -0.2) is 8.42 Å². The molecule has 0 amide bonds. The Kier molecular flexibility index (Phi) is 6.61. The summed E-state index contributed by atoms with van der Waals surface area (Å²) < 4.78 is 39.6. The molecule has 0 radical (unpaired) electrons. The summed E-state index contributed by atoms with van der Waals surface area (Å²) in [6.07, 6.45) is 0. The zero-order valence-electron chi connectivity index (χ0n) is 12.7. The second-order valence-corrected chi connectivity index (χ2v) is 7.67. The molecular formula is C14H21ClO5S. The lowest BCUT2D eigenvalue weighted by Crippen LogP contribution is -2.22. The van der Waals surface area contributed by atoms with E-state index in [4.69, 9.17) is 25.8 Å². The number of hydrogen-bond acceptors (Lipinski definition) is 5. The van der Waals surface area contributed by atoms with E-state index >= 15 is 0 Å². The smallest absolute Gasteiger partial charge is 0.203 e. The maximum Gasteiger partial charge on any atom is 0.203 e. The van der Waals surface area contributed by atoms with Crippen molar-refractivity contribution >= 4 is 21.4 Å². The number of ether oxygens (including phenoxy) is 3. The zero-order valence-corrected chi connectivity index (χ0v) is 14.3. The van der Waals surface area contributed by atoms with Crippen LogP contribution in [0, 0.1) is 0 Å². The first-order chi connectivity index (χ1) is 9.85. The van der Waals surface area contributed by atoms with Crippen LogP contribution in [0.3, 0.4) is 0 Å². The van der Waals surface area contributed by atoms with Gasteiger partial charge in [-0.3, -0.25) is 0 Å². The molecule has 1 aromatic rings. The van der Waals surface area contributed by atoms with E-state index in [0.29, 0.717) is 23.1 Å². The fourth-order valence-electron chi connectivity index (χ4n) is 1.65. The van der Waals surface area contributed by atoms with E-state index < -0.39 is 15.1 Å². The molecule has 0 fully saturated rings. The van der Waals surface area contributed by atoms with Crippen molar-refractivity contribution < 1.29 is 22.6 Å². The summed E-state index contributed by atoms with van der Waals surface area (Å²) in [4.78, 5) is 0. The van der Waals surface area contributed by atoms with Gasteiger partial charge in [0.15, 0.2) is 21.3 Å². The Morgan fingerprint density at radius 3 is 2.05 bits per heavy atom. The standard InChI is InChI=1S/C14H21ClO5S/c1-10(2)21(16,17)6-5-20-14-12(18-3)7-11(9-15)8-13(14)19-4/h7-8,10H,5-6,9H2,1-4H3. The van der Waals surface area contributed by atoms with Gasteiger partial charge >= 0.3 is 0 Å². The lowest BCUT2D eigenvalue weighted by Gasteiger charge is -2.16. The van der Waals surface area contributed by atoms with Crippen LogP contribution in [0.5, 0.6) is 17.2 Å². The maximum atomic E-state index is 11.8. The van der Waals surface area contributed by atoms with Crippen molar-refractivity contribution in [3.8, 4) is 17.2 Å². The van der Waals surface area contributed by atoms with Gasteiger partial charge in [0.05, 0.1) is 25.2 Å². The Bertz CT molecular complexity index is 544. The van der Waals surface area contributed by atoms with Crippen LogP contribution in [0.2, 0.25) is 0 Å². The highest BCUT2D eigenvalue weighted by atomic mass is 35.5. The predicted octanol–water partition coefficient (Wildman–Crippen LogP) is 2.64. The van der Waals surface area contributed by atoms with E-state index in [1.165, 1.54) is 14.2 Å². The molecule has 0 bridgehead atoms. The first kappa shape index (κ1) is 17.9. The van der Waals surface area contributed by atoms with Gasteiger partial charge in [0.25, 0.3) is 0 Å². The quantitative estimate of drug-likeness (QED) is 0.683. The zero-order chi connectivity index (χ0) is 16.0. The molecule has 0 atom stereocenters. The van der Waals surface area contributed by atoms with E-state index in [1.54, 1.807) is 26.0 Å². The van der Waals surface area contributed by atoms with Gasteiger partial charge in [0, 0.05) is 5.88 Å². The third-order valence-electron chi connectivity index (χ3n) is 3.01. The number of alkyl halides is 1. The van der Waals surface area contributed by atoms with Crippen molar-refractivity contribution in [3.63, 3.8) is 0 Å². The van der Waals surface area contributed by atoms with E-state index in [9.17, 15) is 8.42 Å². The summed E-state index contributed by atoms with van der Waals surface area (Å²) >= 11 is 5.80. The molecule has 1 rings (SSSR count). The number of sulfone groups is 1. The molecule has 0 aliphatic carbocycles. The summed E-state index contributed by atoms with van der Waals surface area (Å²) in [6.45, 7) is 3.32.